The van der Waals surface area contributed by atoms with Crippen LogP contribution in [0.4, 0.5) is 0 Å². The summed E-state index contributed by atoms with van der Waals surface area (Å²) in [5, 5.41) is 20.8. The van der Waals surface area contributed by atoms with Crippen LogP contribution >= 0.6 is 11.3 Å². The Hall–Kier alpha value is -3.19. The van der Waals surface area contributed by atoms with Gasteiger partial charge in [-0.05, 0) is 48.1 Å². The van der Waals surface area contributed by atoms with Gasteiger partial charge >= 0.3 is 11.9 Å². The molecule has 0 aliphatic heterocycles. The highest BCUT2D eigenvalue weighted by molar-refractivity contribution is 7.11. The molecule has 0 atom stereocenters. The van der Waals surface area contributed by atoms with Crippen molar-refractivity contribution in [2.24, 2.45) is 0 Å². The van der Waals surface area contributed by atoms with Crippen molar-refractivity contribution in [3.63, 3.8) is 0 Å². The molecular weight excluding hydrogens is 400 g/mol. The van der Waals surface area contributed by atoms with Crippen molar-refractivity contribution in [1.82, 2.24) is 9.55 Å². The number of rotatable bonds is 9. The number of carboxylic acids is 2. The molecule has 0 unspecified atom stereocenters. The molecule has 7 heteroatoms. The van der Waals surface area contributed by atoms with Crippen molar-refractivity contribution in [2.45, 2.75) is 39.7 Å². The number of aryl methyl sites for hydroxylation is 1. The zero-order valence-electron chi connectivity index (χ0n) is 17.0. The van der Waals surface area contributed by atoms with Gasteiger partial charge in [-0.1, -0.05) is 31.5 Å². The molecule has 0 spiro atoms. The summed E-state index contributed by atoms with van der Waals surface area (Å²) in [6.07, 6.45) is 4.54. The molecule has 0 radical (unpaired) electrons. The van der Waals surface area contributed by atoms with Gasteiger partial charge in [0.1, 0.15) is 5.82 Å². The number of imidazole rings is 1. The zero-order valence-corrected chi connectivity index (χ0v) is 17.8. The number of aliphatic carboxylic acids is 1. The largest absolute Gasteiger partial charge is 0.478 e. The van der Waals surface area contributed by atoms with E-state index in [9.17, 15) is 14.7 Å². The number of thiophene rings is 1. The van der Waals surface area contributed by atoms with Gasteiger partial charge in [-0.25, -0.2) is 14.6 Å². The second-order valence-corrected chi connectivity index (χ2v) is 7.98. The van der Waals surface area contributed by atoms with Gasteiger partial charge in [-0.2, -0.15) is 0 Å². The van der Waals surface area contributed by atoms with Crippen LogP contribution in [0.25, 0.3) is 11.1 Å². The number of unbranched alkanes of at least 4 members (excludes halogenated alkanes) is 1. The second kappa shape index (κ2) is 9.54. The summed E-state index contributed by atoms with van der Waals surface area (Å²) in [5.74, 6) is -1.04. The molecule has 3 rings (SSSR count). The number of aromatic nitrogens is 2. The Morgan fingerprint density at radius 1 is 1.13 bits per heavy atom. The molecule has 30 heavy (non-hydrogen) atoms. The van der Waals surface area contributed by atoms with Crippen molar-refractivity contribution >= 4 is 34.4 Å². The highest BCUT2D eigenvalue weighted by Gasteiger charge is 2.20. The minimum Gasteiger partial charge on any atom is -0.478 e. The Balaban J connectivity index is 2.06. The molecule has 0 saturated carbocycles. The van der Waals surface area contributed by atoms with Gasteiger partial charge in [0.2, 0.25) is 0 Å². The molecule has 0 fully saturated rings. The van der Waals surface area contributed by atoms with E-state index in [2.05, 4.69) is 11.9 Å². The first-order chi connectivity index (χ1) is 14.4. The maximum atomic E-state index is 12.0. The van der Waals surface area contributed by atoms with E-state index in [1.807, 2.05) is 22.9 Å². The van der Waals surface area contributed by atoms with Gasteiger partial charge in [0.15, 0.2) is 0 Å². The Morgan fingerprint density at radius 3 is 2.43 bits per heavy atom. The van der Waals surface area contributed by atoms with Crippen LogP contribution in [-0.2, 0) is 17.8 Å². The first-order valence-electron chi connectivity index (χ1n) is 9.77. The van der Waals surface area contributed by atoms with E-state index in [-0.39, 0.29) is 11.1 Å². The van der Waals surface area contributed by atoms with Crippen LogP contribution in [0, 0.1) is 0 Å². The zero-order chi connectivity index (χ0) is 21.7. The summed E-state index contributed by atoms with van der Waals surface area (Å²) in [6, 6.07) is 10.4. The van der Waals surface area contributed by atoms with E-state index in [1.165, 1.54) is 11.3 Å². The second-order valence-electron chi connectivity index (χ2n) is 7.03. The lowest BCUT2D eigenvalue weighted by Crippen LogP contribution is -2.10. The van der Waals surface area contributed by atoms with Gasteiger partial charge in [0, 0.05) is 17.8 Å². The number of aromatic carboxylic acids is 1. The first kappa shape index (κ1) is 21.5. The van der Waals surface area contributed by atoms with Crippen molar-refractivity contribution in [3.8, 4) is 0 Å². The Morgan fingerprint density at radius 2 is 1.87 bits per heavy atom. The fourth-order valence-corrected chi connectivity index (χ4v) is 4.18. The van der Waals surface area contributed by atoms with E-state index in [4.69, 9.17) is 5.11 Å². The predicted octanol–water partition coefficient (Wildman–Crippen LogP) is 5.05. The van der Waals surface area contributed by atoms with E-state index >= 15 is 0 Å². The third-order valence-corrected chi connectivity index (χ3v) is 5.86. The average molecular weight is 425 g/mol. The molecule has 1 aromatic carbocycles. The molecule has 0 amide bonds. The van der Waals surface area contributed by atoms with E-state index < -0.39 is 11.9 Å². The lowest BCUT2D eigenvalue weighted by atomic mass is 10.0. The molecule has 0 bridgehead atoms. The van der Waals surface area contributed by atoms with Gasteiger partial charge < -0.3 is 14.8 Å². The lowest BCUT2D eigenvalue weighted by molar-refractivity contribution is -0.130. The monoisotopic (exact) mass is 424 g/mol. The van der Waals surface area contributed by atoms with Crippen LogP contribution in [0.5, 0.6) is 0 Å². The third-order valence-electron chi connectivity index (χ3n) is 4.97. The van der Waals surface area contributed by atoms with Crippen molar-refractivity contribution in [1.29, 1.82) is 0 Å². The molecule has 3 aromatic rings. The van der Waals surface area contributed by atoms with Crippen LogP contribution in [0.3, 0.4) is 0 Å². The van der Waals surface area contributed by atoms with Crippen LogP contribution in [0.2, 0.25) is 0 Å². The fraction of sp³-hybridized carbons (Fsp3) is 0.261. The molecule has 2 aromatic heterocycles. The highest BCUT2D eigenvalue weighted by Crippen LogP contribution is 2.30. The van der Waals surface area contributed by atoms with Crippen LogP contribution in [0.1, 0.15) is 59.0 Å². The van der Waals surface area contributed by atoms with Crippen LogP contribution < -0.4 is 0 Å². The summed E-state index contributed by atoms with van der Waals surface area (Å²) >= 11 is 1.39. The van der Waals surface area contributed by atoms with Crippen molar-refractivity contribution in [2.75, 3.05) is 0 Å². The van der Waals surface area contributed by atoms with Crippen molar-refractivity contribution in [3.05, 3.63) is 75.5 Å². The van der Waals surface area contributed by atoms with Crippen LogP contribution in [-0.4, -0.2) is 31.7 Å². The average Bonchev–Trinajstić information content (AvgIpc) is 3.37. The Kier molecular flexibility index (Phi) is 6.84. The predicted molar refractivity (Wildman–Crippen MR) is 118 cm³/mol. The smallest absolute Gasteiger partial charge is 0.337 e. The molecule has 2 N–H and O–H groups in total. The summed E-state index contributed by atoms with van der Waals surface area (Å²) in [6.45, 7) is 4.42. The number of carbonyl (C=O) groups is 2. The number of hydrogen-bond acceptors (Lipinski definition) is 4. The molecule has 0 aliphatic carbocycles. The summed E-state index contributed by atoms with van der Waals surface area (Å²) < 4.78 is 2.04. The molecular formula is C23H24N2O4S. The van der Waals surface area contributed by atoms with Gasteiger partial charge in [0.25, 0.3) is 0 Å². The standard InChI is InChI=1S/C23H24N2O4S/c1-3-4-7-20-24-13-18(15(2)21(23(28)29)19-6-5-12-30-19)25(20)14-16-8-10-17(11-9-16)22(26)27/h5-6,8-13H,3-4,7,14H2,1-2H3,(H,26,27)(H,28,29)/b21-15-. The summed E-state index contributed by atoms with van der Waals surface area (Å²) in [4.78, 5) is 28.4. The number of benzene rings is 1. The minimum absolute atomic E-state index is 0.234. The molecule has 2 heterocycles. The number of allylic oxidation sites excluding steroid dienone is 1. The van der Waals surface area contributed by atoms with Gasteiger partial charge in [-0.3, -0.25) is 0 Å². The minimum atomic E-state index is -0.969. The maximum absolute atomic E-state index is 12.0. The fourth-order valence-electron chi connectivity index (χ4n) is 3.36. The van der Waals surface area contributed by atoms with Crippen LogP contribution in [0.15, 0.2) is 48.0 Å². The molecule has 0 saturated heterocycles. The highest BCUT2D eigenvalue weighted by atomic mass is 32.1. The first-order valence-corrected chi connectivity index (χ1v) is 10.6. The maximum Gasteiger partial charge on any atom is 0.337 e. The molecule has 0 aliphatic rings. The topological polar surface area (TPSA) is 92.4 Å². The number of carboxylic acid groups (broad SMARTS) is 2. The van der Waals surface area contributed by atoms with E-state index in [0.717, 1.165) is 36.3 Å². The third kappa shape index (κ3) is 4.68. The van der Waals surface area contributed by atoms with Crippen molar-refractivity contribution < 1.29 is 19.8 Å². The van der Waals surface area contributed by atoms with Gasteiger partial charge in [-0.15, -0.1) is 11.3 Å². The van der Waals surface area contributed by atoms with Gasteiger partial charge in [0.05, 0.1) is 23.0 Å². The molecule has 6 nitrogen and oxygen atoms in total. The Bertz CT molecular complexity index is 1060. The Labute approximate surface area is 179 Å². The molecule has 156 valence electrons. The lowest BCUT2D eigenvalue weighted by Gasteiger charge is -2.14. The summed E-state index contributed by atoms with van der Waals surface area (Å²) in [5.41, 5.74) is 2.85. The number of nitrogens with zero attached hydrogens (tertiary/aromatic N) is 2. The SMILES string of the molecule is CCCCc1ncc(/C(C)=C(\C(=O)O)c2cccs2)n1Cc1ccc(C(=O)O)cc1. The van der Waals surface area contributed by atoms with E-state index in [1.54, 1.807) is 36.5 Å². The number of hydrogen-bond donors (Lipinski definition) is 2. The summed E-state index contributed by atoms with van der Waals surface area (Å²) in [7, 11) is 0. The quantitative estimate of drug-likeness (QED) is 0.469. The normalized spacial score (nSPS) is 11.9. The van der Waals surface area contributed by atoms with E-state index in [0.29, 0.717) is 17.0 Å².